The fourth-order valence-electron chi connectivity index (χ4n) is 1.58. The second-order valence-electron chi connectivity index (χ2n) is 3.71. The van der Waals surface area contributed by atoms with Crippen LogP contribution in [0.1, 0.15) is 17.9 Å². The summed E-state index contributed by atoms with van der Waals surface area (Å²) in [6, 6.07) is 4.95. The van der Waals surface area contributed by atoms with Crippen molar-refractivity contribution in [3.63, 3.8) is 0 Å². The molecule has 1 aromatic rings. The van der Waals surface area contributed by atoms with Crippen LogP contribution in [0.3, 0.4) is 0 Å². The Morgan fingerprint density at radius 3 is 2.33 bits per heavy atom. The van der Waals surface area contributed by atoms with E-state index in [1.807, 2.05) is 0 Å². The molecule has 1 amide bonds. The van der Waals surface area contributed by atoms with E-state index in [1.54, 1.807) is 24.3 Å². The molecule has 0 saturated carbocycles. The highest BCUT2D eigenvalue weighted by Crippen LogP contribution is 2.25. The number of halogens is 1. The lowest BCUT2D eigenvalue weighted by Gasteiger charge is -2.19. The minimum atomic E-state index is -1.28. The summed E-state index contributed by atoms with van der Waals surface area (Å²) in [4.78, 5) is 32.1. The molecular formula is C11H11ClN2O4. The van der Waals surface area contributed by atoms with Crippen molar-refractivity contribution in [2.45, 2.75) is 18.4 Å². The molecule has 0 fully saturated rings. The standard InChI is InChI=1S/C11H11ClN2O4/c12-7-3-1-6(2-4-7)8(5-9(15)16)10(13)11(17)14-18/h1-4,8,10H,5,13H2,(H,15,16). The summed E-state index contributed by atoms with van der Waals surface area (Å²) in [5.41, 5.74) is 6.07. The van der Waals surface area contributed by atoms with E-state index < -0.39 is 23.8 Å². The molecule has 2 atom stereocenters. The van der Waals surface area contributed by atoms with Gasteiger partial charge in [0.15, 0.2) is 0 Å². The first-order valence-corrected chi connectivity index (χ1v) is 5.43. The van der Waals surface area contributed by atoms with Gasteiger partial charge in [-0.3, -0.25) is 9.59 Å². The number of carbonyl (C=O) groups is 2. The Hall–Kier alpha value is -1.79. The van der Waals surface area contributed by atoms with E-state index in [-0.39, 0.29) is 6.42 Å². The van der Waals surface area contributed by atoms with Gasteiger partial charge >= 0.3 is 11.9 Å². The molecule has 1 aromatic carbocycles. The summed E-state index contributed by atoms with van der Waals surface area (Å²) < 4.78 is 0. The number of nitroso groups, excluding NO2 is 1. The first kappa shape index (κ1) is 14.3. The molecule has 1 rings (SSSR count). The average molecular weight is 271 g/mol. The number of hydrogen-bond acceptors (Lipinski definition) is 4. The van der Waals surface area contributed by atoms with E-state index in [2.05, 4.69) is 5.18 Å². The summed E-state index contributed by atoms with van der Waals surface area (Å²) in [6.07, 6.45) is -0.371. The molecular weight excluding hydrogens is 260 g/mol. The molecule has 0 bridgehead atoms. The molecule has 18 heavy (non-hydrogen) atoms. The summed E-state index contributed by atoms with van der Waals surface area (Å²) in [6.45, 7) is 0. The van der Waals surface area contributed by atoms with Crippen LogP contribution < -0.4 is 5.73 Å². The molecule has 0 radical (unpaired) electrons. The van der Waals surface area contributed by atoms with Crippen LogP contribution in [0.5, 0.6) is 0 Å². The maximum Gasteiger partial charge on any atom is 0.304 e. The minimum absolute atomic E-state index is 0.371. The van der Waals surface area contributed by atoms with Crippen LogP contribution in [0.4, 0.5) is 0 Å². The van der Waals surface area contributed by atoms with Crippen molar-refractivity contribution in [1.82, 2.24) is 0 Å². The van der Waals surface area contributed by atoms with Crippen LogP contribution in [0.25, 0.3) is 0 Å². The van der Waals surface area contributed by atoms with E-state index in [1.165, 1.54) is 0 Å². The lowest BCUT2D eigenvalue weighted by atomic mass is 9.88. The van der Waals surface area contributed by atoms with Crippen molar-refractivity contribution >= 4 is 23.5 Å². The Labute approximate surface area is 108 Å². The van der Waals surface area contributed by atoms with Gasteiger partial charge in [0.25, 0.3) is 0 Å². The van der Waals surface area contributed by atoms with Gasteiger partial charge in [-0.1, -0.05) is 23.7 Å². The zero-order valence-electron chi connectivity index (χ0n) is 9.25. The SMILES string of the molecule is NC(C(=O)N=O)C(CC(=O)O)c1ccc(Cl)cc1. The van der Waals surface area contributed by atoms with Crippen molar-refractivity contribution in [3.8, 4) is 0 Å². The molecule has 3 N–H and O–H groups in total. The van der Waals surface area contributed by atoms with Gasteiger partial charge in [-0.2, -0.15) is 0 Å². The summed E-state index contributed by atoms with van der Waals surface area (Å²) in [5.74, 6) is -3.01. The predicted molar refractivity (Wildman–Crippen MR) is 65.2 cm³/mol. The van der Waals surface area contributed by atoms with Gasteiger partial charge < -0.3 is 10.8 Å². The number of rotatable bonds is 5. The van der Waals surface area contributed by atoms with Crippen LogP contribution in [-0.2, 0) is 9.59 Å². The molecule has 7 heteroatoms. The number of nitrogens with two attached hydrogens (primary N) is 1. The molecule has 0 saturated heterocycles. The third kappa shape index (κ3) is 3.61. The average Bonchev–Trinajstić information content (AvgIpc) is 2.35. The Balaban J connectivity index is 3.04. The number of amides is 1. The van der Waals surface area contributed by atoms with Crippen molar-refractivity contribution in [1.29, 1.82) is 0 Å². The number of hydrogen-bond donors (Lipinski definition) is 2. The number of carbonyl (C=O) groups excluding carboxylic acids is 1. The lowest BCUT2D eigenvalue weighted by Crippen LogP contribution is -2.36. The number of nitrogens with zero attached hydrogens (tertiary/aromatic N) is 1. The van der Waals surface area contributed by atoms with Crippen molar-refractivity contribution in [3.05, 3.63) is 39.8 Å². The zero-order chi connectivity index (χ0) is 13.7. The van der Waals surface area contributed by atoms with Crippen LogP contribution in [0.15, 0.2) is 29.4 Å². The maximum atomic E-state index is 11.2. The Bertz CT molecular complexity index is 461. The summed E-state index contributed by atoms with van der Waals surface area (Å²) in [7, 11) is 0. The van der Waals surface area contributed by atoms with E-state index >= 15 is 0 Å². The van der Waals surface area contributed by atoms with Gasteiger partial charge in [-0.15, -0.1) is 4.91 Å². The highest BCUT2D eigenvalue weighted by atomic mass is 35.5. The molecule has 0 heterocycles. The third-order valence-electron chi connectivity index (χ3n) is 2.50. The molecule has 2 unspecified atom stereocenters. The Kier molecular flexibility index (Phi) is 4.94. The van der Waals surface area contributed by atoms with Crippen molar-refractivity contribution < 1.29 is 14.7 Å². The van der Waals surface area contributed by atoms with Crippen molar-refractivity contribution in [2.24, 2.45) is 10.9 Å². The molecule has 96 valence electrons. The third-order valence-corrected chi connectivity index (χ3v) is 2.75. The first-order valence-electron chi connectivity index (χ1n) is 5.05. The number of carboxylic acid groups (broad SMARTS) is 1. The number of carboxylic acids is 1. The largest absolute Gasteiger partial charge is 0.481 e. The number of aliphatic carboxylic acids is 1. The summed E-state index contributed by atoms with van der Waals surface area (Å²) >= 11 is 5.71. The second kappa shape index (κ2) is 6.23. The van der Waals surface area contributed by atoms with Crippen LogP contribution in [0, 0.1) is 4.91 Å². The van der Waals surface area contributed by atoms with Gasteiger partial charge in [0.1, 0.15) is 0 Å². The van der Waals surface area contributed by atoms with Gasteiger partial charge in [-0.25, -0.2) is 0 Å². The van der Waals surface area contributed by atoms with E-state index in [4.69, 9.17) is 22.4 Å². The molecule has 0 aromatic heterocycles. The van der Waals surface area contributed by atoms with Gasteiger partial charge in [-0.05, 0) is 17.7 Å². The van der Waals surface area contributed by atoms with Crippen LogP contribution in [0.2, 0.25) is 5.02 Å². The topological polar surface area (TPSA) is 110 Å². The highest BCUT2D eigenvalue weighted by Gasteiger charge is 2.28. The summed E-state index contributed by atoms with van der Waals surface area (Å²) in [5, 5.41) is 11.5. The zero-order valence-corrected chi connectivity index (χ0v) is 10.0. The Morgan fingerprint density at radius 1 is 1.33 bits per heavy atom. The van der Waals surface area contributed by atoms with Crippen molar-refractivity contribution in [2.75, 3.05) is 0 Å². The fourth-order valence-corrected chi connectivity index (χ4v) is 1.71. The lowest BCUT2D eigenvalue weighted by molar-refractivity contribution is -0.137. The van der Waals surface area contributed by atoms with Crippen LogP contribution >= 0.6 is 11.6 Å². The maximum absolute atomic E-state index is 11.2. The van der Waals surface area contributed by atoms with Crippen LogP contribution in [-0.4, -0.2) is 23.0 Å². The normalized spacial score (nSPS) is 13.7. The highest BCUT2D eigenvalue weighted by molar-refractivity contribution is 6.30. The minimum Gasteiger partial charge on any atom is -0.481 e. The number of benzene rings is 1. The van der Waals surface area contributed by atoms with E-state index in [0.717, 1.165) is 0 Å². The monoisotopic (exact) mass is 270 g/mol. The van der Waals surface area contributed by atoms with E-state index in [9.17, 15) is 14.5 Å². The Morgan fingerprint density at radius 2 is 1.89 bits per heavy atom. The second-order valence-corrected chi connectivity index (χ2v) is 4.15. The molecule has 0 spiro atoms. The predicted octanol–water partition coefficient (Wildman–Crippen LogP) is 1.52. The van der Waals surface area contributed by atoms with E-state index in [0.29, 0.717) is 10.6 Å². The molecule has 0 aliphatic rings. The molecule has 0 aliphatic heterocycles. The van der Waals surface area contributed by atoms with Gasteiger partial charge in [0.05, 0.1) is 12.5 Å². The smallest absolute Gasteiger partial charge is 0.304 e. The van der Waals surface area contributed by atoms with Gasteiger partial charge in [0, 0.05) is 16.1 Å². The van der Waals surface area contributed by atoms with Gasteiger partial charge in [0.2, 0.25) is 0 Å². The first-order chi connectivity index (χ1) is 8.45. The molecule has 6 nitrogen and oxygen atoms in total. The fraction of sp³-hybridized carbons (Fsp3) is 0.273. The molecule has 0 aliphatic carbocycles. The quantitative estimate of drug-likeness (QED) is 0.788.